The van der Waals surface area contributed by atoms with E-state index in [2.05, 4.69) is 0 Å². The summed E-state index contributed by atoms with van der Waals surface area (Å²) in [6.07, 6.45) is -0.608. The molecule has 1 saturated heterocycles. The molecule has 0 amide bonds. The maximum Gasteiger partial charge on any atom is 0.244 e. The van der Waals surface area contributed by atoms with Gasteiger partial charge in [-0.25, -0.2) is 8.42 Å². The molecule has 2 N–H and O–H groups in total. The summed E-state index contributed by atoms with van der Waals surface area (Å²) in [5.74, 6) is 0. The Morgan fingerprint density at radius 3 is 2.78 bits per heavy atom. The summed E-state index contributed by atoms with van der Waals surface area (Å²) in [6, 6.07) is 5.40. The Morgan fingerprint density at radius 1 is 1.39 bits per heavy atom. The largest absolute Gasteiger partial charge is 0.377 e. The number of rotatable bonds is 2. The summed E-state index contributed by atoms with van der Waals surface area (Å²) in [5, 5.41) is 0. The number of nitrogens with two attached hydrogens (primary N) is 1. The molecule has 0 aliphatic carbocycles. The van der Waals surface area contributed by atoms with Crippen molar-refractivity contribution in [2.45, 2.75) is 24.9 Å². The van der Waals surface area contributed by atoms with E-state index in [4.69, 9.17) is 10.5 Å². The fourth-order valence-corrected chi connectivity index (χ4v) is 3.81. The molecule has 0 spiro atoms. The first-order valence-corrected chi connectivity index (χ1v) is 7.29. The van der Waals surface area contributed by atoms with Crippen LogP contribution >= 0.6 is 0 Å². The van der Waals surface area contributed by atoms with E-state index in [0.29, 0.717) is 18.0 Å². The SMILES string of the molecule is Cc1ccc(C)c(S(=O)(=O)N2CCOCC2N)c1. The highest BCUT2D eigenvalue weighted by molar-refractivity contribution is 7.89. The van der Waals surface area contributed by atoms with E-state index in [1.54, 1.807) is 13.0 Å². The third-order valence-electron chi connectivity index (χ3n) is 3.04. The number of sulfonamides is 1. The summed E-state index contributed by atoms with van der Waals surface area (Å²) in [5.41, 5.74) is 7.47. The van der Waals surface area contributed by atoms with Gasteiger partial charge in [0.15, 0.2) is 0 Å². The zero-order chi connectivity index (χ0) is 13.3. The Morgan fingerprint density at radius 2 is 2.11 bits per heavy atom. The number of hydrogen-bond acceptors (Lipinski definition) is 4. The molecule has 0 bridgehead atoms. The Labute approximate surface area is 108 Å². The van der Waals surface area contributed by atoms with Crippen LogP contribution in [-0.4, -0.2) is 38.6 Å². The standard InChI is InChI=1S/C12H18N2O3S/c1-9-3-4-10(2)11(7-9)18(15,16)14-5-6-17-8-12(14)13/h3-4,7,12H,5-6,8,13H2,1-2H3. The zero-order valence-corrected chi connectivity index (χ0v) is 11.4. The average molecular weight is 270 g/mol. The predicted molar refractivity (Wildman–Crippen MR) is 68.6 cm³/mol. The van der Waals surface area contributed by atoms with Crippen LogP contribution in [0.4, 0.5) is 0 Å². The van der Waals surface area contributed by atoms with Gasteiger partial charge in [-0.2, -0.15) is 4.31 Å². The number of morpholine rings is 1. The van der Waals surface area contributed by atoms with Gasteiger partial charge in [-0.1, -0.05) is 12.1 Å². The molecule has 1 aromatic rings. The molecule has 0 radical (unpaired) electrons. The van der Waals surface area contributed by atoms with Crippen molar-refractivity contribution in [3.05, 3.63) is 29.3 Å². The average Bonchev–Trinajstić information content (AvgIpc) is 2.32. The molecule has 1 heterocycles. The van der Waals surface area contributed by atoms with Gasteiger partial charge in [0, 0.05) is 6.54 Å². The topological polar surface area (TPSA) is 72.6 Å². The molecular formula is C12H18N2O3S. The first-order valence-electron chi connectivity index (χ1n) is 5.85. The lowest BCUT2D eigenvalue weighted by Gasteiger charge is -2.32. The van der Waals surface area contributed by atoms with Gasteiger partial charge in [0.2, 0.25) is 10.0 Å². The van der Waals surface area contributed by atoms with Crippen molar-refractivity contribution in [3.63, 3.8) is 0 Å². The van der Waals surface area contributed by atoms with Crippen molar-refractivity contribution < 1.29 is 13.2 Å². The van der Waals surface area contributed by atoms with Gasteiger partial charge in [0.25, 0.3) is 0 Å². The molecule has 1 unspecified atom stereocenters. The van der Waals surface area contributed by atoms with Crippen molar-refractivity contribution in [2.75, 3.05) is 19.8 Å². The van der Waals surface area contributed by atoms with Gasteiger partial charge in [-0.15, -0.1) is 0 Å². The number of benzene rings is 1. The first kappa shape index (κ1) is 13.5. The third kappa shape index (κ3) is 2.42. The second kappa shape index (κ2) is 4.97. The second-order valence-electron chi connectivity index (χ2n) is 4.53. The van der Waals surface area contributed by atoms with Crippen LogP contribution < -0.4 is 5.73 Å². The second-order valence-corrected chi connectivity index (χ2v) is 6.39. The molecule has 1 fully saturated rings. The van der Waals surface area contributed by atoms with Crippen LogP contribution in [0.25, 0.3) is 0 Å². The van der Waals surface area contributed by atoms with Gasteiger partial charge in [0.1, 0.15) is 0 Å². The minimum Gasteiger partial charge on any atom is -0.377 e. The molecule has 1 aliphatic rings. The quantitative estimate of drug-likeness (QED) is 0.854. The number of nitrogens with zero attached hydrogens (tertiary/aromatic N) is 1. The maximum atomic E-state index is 12.6. The molecule has 6 heteroatoms. The lowest BCUT2D eigenvalue weighted by atomic mass is 10.2. The highest BCUT2D eigenvalue weighted by Gasteiger charge is 2.32. The summed E-state index contributed by atoms with van der Waals surface area (Å²) in [6.45, 7) is 4.59. The van der Waals surface area contributed by atoms with Gasteiger partial charge in [-0.3, -0.25) is 0 Å². The van der Waals surface area contributed by atoms with E-state index >= 15 is 0 Å². The Bertz CT molecular complexity index is 542. The van der Waals surface area contributed by atoms with Crippen LogP contribution in [-0.2, 0) is 14.8 Å². The maximum absolute atomic E-state index is 12.6. The molecule has 0 saturated carbocycles. The molecule has 1 aromatic carbocycles. The fourth-order valence-electron chi connectivity index (χ4n) is 2.02. The van der Waals surface area contributed by atoms with Crippen molar-refractivity contribution in [1.82, 2.24) is 4.31 Å². The van der Waals surface area contributed by atoms with Crippen LogP contribution in [0, 0.1) is 13.8 Å². The van der Waals surface area contributed by atoms with E-state index in [1.807, 2.05) is 19.1 Å². The van der Waals surface area contributed by atoms with Crippen LogP contribution in [0.5, 0.6) is 0 Å². The lowest BCUT2D eigenvalue weighted by Crippen LogP contribution is -2.53. The highest BCUT2D eigenvalue weighted by atomic mass is 32.2. The van der Waals surface area contributed by atoms with E-state index in [-0.39, 0.29) is 6.61 Å². The number of hydrogen-bond donors (Lipinski definition) is 1. The molecule has 100 valence electrons. The minimum absolute atomic E-state index is 0.240. The molecule has 1 atom stereocenters. The van der Waals surface area contributed by atoms with Gasteiger partial charge >= 0.3 is 0 Å². The molecule has 18 heavy (non-hydrogen) atoms. The Kier molecular flexibility index (Phi) is 3.72. The number of ether oxygens (including phenoxy) is 1. The number of aryl methyl sites for hydroxylation is 2. The summed E-state index contributed by atoms with van der Waals surface area (Å²) < 4.78 is 31.6. The van der Waals surface area contributed by atoms with Gasteiger partial charge in [-0.05, 0) is 31.0 Å². The molecule has 0 aromatic heterocycles. The third-order valence-corrected chi connectivity index (χ3v) is 5.11. The van der Waals surface area contributed by atoms with E-state index < -0.39 is 16.2 Å². The monoisotopic (exact) mass is 270 g/mol. The summed E-state index contributed by atoms with van der Waals surface area (Å²) in [4.78, 5) is 0.333. The van der Waals surface area contributed by atoms with Crippen molar-refractivity contribution >= 4 is 10.0 Å². The fraction of sp³-hybridized carbons (Fsp3) is 0.500. The van der Waals surface area contributed by atoms with Crippen molar-refractivity contribution in [1.29, 1.82) is 0 Å². The Balaban J connectivity index is 2.44. The lowest BCUT2D eigenvalue weighted by molar-refractivity contribution is 0.0350. The highest BCUT2D eigenvalue weighted by Crippen LogP contribution is 2.23. The van der Waals surface area contributed by atoms with E-state index in [1.165, 1.54) is 4.31 Å². The van der Waals surface area contributed by atoms with Crippen molar-refractivity contribution in [2.24, 2.45) is 5.73 Å². The van der Waals surface area contributed by atoms with E-state index in [9.17, 15) is 8.42 Å². The normalized spacial score (nSPS) is 22.1. The summed E-state index contributed by atoms with van der Waals surface area (Å²) in [7, 11) is -3.54. The van der Waals surface area contributed by atoms with E-state index in [0.717, 1.165) is 11.1 Å². The van der Waals surface area contributed by atoms with Crippen LogP contribution in [0.1, 0.15) is 11.1 Å². The first-order chi connectivity index (χ1) is 8.43. The van der Waals surface area contributed by atoms with Crippen LogP contribution in [0.3, 0.4) is 0 Å². The molecule has 2 rings (SSSR count). The van der Waals surface area contributed by atoms with Gasteiger partial charge in [0.05, 0.1) is 24.3 Å². The van der Waals surface area contributed by atoms with Crippen molar-refractivity contribution in [3.8, 4) is 0 Å². The Hall–Kier alpha value is -0.950. The molecule has 5 nitrogen and oxygen atoms in total. The molecule has 1 aliphatic heterocycles. The smallest absolute Gasteiger partial charge is 0.244 e. The van der Waals surface area contributed by atoms with Crippen LogP contribution in [0.15, 0.2) is 23.1 Å². The molecular weight excluding hydrogens is 252 g/mol. The minimum atomic E-state index is -3.54. The predicted octanol–water partition coefficient (Wildman–Crippen LogP) is 0.609. The summed E-state index contributed by atoms with van der Waals surface area (Å²) >= 11 is 0. The van der Waals surface area contributed by atoms with Crippen LogP contribution in [0.2, 0.25) is 0 Å². The van der Waals surface area contributed by atoms with Gasteiger partial charge < -0.3 is 10.5 Å². The zero-order valence-electron chi connectivity index (χ0n) is 10.6.